The summed E-state index contributed by atoms with van der Waals surface area (Å²) >= 11 is 0. The fraction of sp³-hybridized carbons (Fsp3) is 1.00. The lowest BCUT2D eigenvalue weighted by Gasteiger charge is -2.20. The molecule has 1 aliphatic rings. The Morgan fingerprint density at radius 1 is 1.40 bits per heavy atom. The molecule has 0 aliphatic carbocycles. The minimum Gasteiger partial charge on any atom is -0.249 e. The van der Waals surface area contributed by atoms with Crippen LogP contribution in [0.25, 0.3) is 0 Å². The SMILES string of the molecule is CC(C)(C)[S@]1(=O)=NCCC1. The van der Waals surface area contributed by atoms with Crippen LogP contribution in [0.2, 0.25) is 0 Å². The van der Waals surface area contributed by atoms with E-state index in [4.69, 9.17) is 0 Å². The first kappa shape index (κ1) is 8.05. The fourth-order valence-corrected chi connectivity index (χ4v) is 3.11. The maximum Gasteiger partial charge on any atom is 0.0518 e. The molecule has 0 fully saturated rings. The summed E-state index contributed by atoms with van der Waals surface area (Å²) in [6.45, 7) is 6.81. The van der Waals surface area contributed by atoms with Crippen LogP contribution in [0.1, 0.15) is 27.2 Å². The predicted molar refractivity (Wildman–Crippen MR) is 44.7 cm³/mol. The van der Waals surface area contributed by atoms with Gasteiger partial charge in [0.15, 0.2) is 0 Å². The van der Waals surface area contributed by atoms with E-state index >= 15 is 0 Å². The van der Waals surface area contributed by atoms with Gasteiger partial charge in [-0.15, -0.1) is 0 Å². The van der Waals surface area contributed by atoms with E-state index in [1.807, 2.05) is 20.8 Å². The van der Waals surface area contributed by atoms with Crippen molar-refractivity contribution in [3.63, 3.8) is 0 Å². The molecule has 0 bridgehead atoms. The van der Waals surface area contributed by atoms with Crippen LogP contribution in [0.15, 0.2) is 4.36 Å². The third-order valence-corrected chi connectivity index (χ3v) is 5.19. The highest BCUT2D eigenvalue weighted by Gasteiger charge is 2.28. The zero-order valence-electron chi connectivity index (χ0n) is 6.89. The standard InChI is InChI=1S/C7H15NOS/c1-7(2,3)10(9)6-4-5-8-10/h4-6H2,1-3H3/t10-/m0/s1. The van der Waals surface area contributed by atoms with Crippen molar-refractivity contribution in [1.82, 2.24) is 0 Å². The van der Waals surface area contributed by atoms with Crippen molar-refractivity contribution in [2.45, 2.75) is 31.9 Å². The van der Waals surface area contributed by atoms with E-state index in [0.29, 0.717) is 0 Å². The molecule has 1 rings (SSSR count). The topological polar surface area (TPSA) is 29.4 Å². The van der Waals surface area contributed by atoms with Crippen molar-refractivity contribution in [3.8, 4) is 0 Å². The second kappa shape index (κ2) is 2.22. The summed E-state index contributed by atoms with van der Waals surface area (Å²) < 4.78 is 15.9. The lowest BCUT2D eigenvalue weighted by molar-refractivity contribution is 0.643. The van der Waals surface area contributed by atoms with Gasteiger partial charge in [0, 0.05) is 17.0 Å². The summed E-state index contributed by atoms with van der Waals surface area (Å²) in [6.07, 6.45) is 1.01. The molecule has 0 saturated carbocycles. The lowest BCUT2D eigenvalue weighted by atomic mass is 10.3. The molecule has 1 atom stereocenters. The van der Waals surface area contributed by atoms with Crippen LogP contribution >= 0.6 is 0 Å². The zero-order chi connectivity index (χ0) is 7.83. The maximum atomic E-state index is 11.8. The van der Waals surface area contributed by atoms with Crippen molar-refractivity contribution in [2.75, 3.05) is 12.3 Å². The Balaban J connectivity index is 3.00. The van der Waals surface area contributed by atoms with Gasteiger partial charge in [0.25, 0.3) is 0 Å². The summed E-state index contributed by atoms with van der Waals surface area (Å²) in [6, 6.07) is 0. The Bertz CT molecular complexity index is 230. The maximum absolute atomic E-state index is 11.8. The van der Waals surface area contributed by atoms with Crippen LogP contribution in [0.4, 0.5) is 0 Å². The monoisotopic (exact) mass is 161 g/mol. The summed E-state index contributed by atoms with van der Waals surface area (Å²) in [7, 11) is -1.84. The smallest absolute Gasteiger partial charge is 0.0518 e. The highest BCUT2D eigenvalue weighted by atomic mass is 32.2. The molecule has 0 unspecified atom stereocenters. The van der Waals surface area contributed by atoms with Crippen LogP contribution in [0, 0.1) is 0 Å². The van der Waals surface area contributed by atoms with E-state index in [9.17, 15) is 4.21 Å². The van der Waals surface area contributed by atoms with Gasteiger partial charge in [0.05, 0.1) is 9.73 Å². The molecule has 0 N–H and O–H groups in total. The molecule has 0 aromatic rings. The molecule has 0 saturated heterocycles. The Kier molecular flexibility index (Phi) is 1.79. The molecule has 0 amide bonds. The van der Waals surface area contributed by atoms with Crippen molar-refractivity contribution in [1.29, 1.82) is 0 Å². The molecule has 1 aliphatic heterocycles. The lowest BCUT2D eigenvalue weighted by Crippen LogP contribution is -2.27. The molecule has 0 spiro atoms. The first-order chi connectivity index (χ1) is 4.46. The number of hydrogen-bond donors (Lipinski definition) is 0. The van der Waals surface area contributed by atoms with E-state index in [1.165, 1.54) is 0 Å². The molecule has 2 nitrogen and oxygen atoms in total. The van der Waals surface area contributed by atoms with Gasteiger partial charge in [-0.2, -0.15) is 0 Å². The van der Waals surface area contributed by atoms with Crippen molar-refractivity contribution in [2.24, 2.45) is 4.36 Å². The van der Waals surface area contributed by atoms with Crippen LogP contribution in [0.5, 0.6) is 0 Å². The molecule has 60 valence electrons. The van der Waals surface area contributed by atoms with Crippen molar-refractivity contribution >= 4 is 9.73 Å². The van der Waals surface area contributed by atoms with E-state index < -0.39 is 9.73 Å². The van der Waals surface area contributed by atoms with Gasteiger partial charge in [0.2, 0.25) is 0 Å². The zero-order valence-corrected chi connectivity index (χ0v) is 7.70. The van der Waals surface area contributed by atoms with E-state index in [1.54, 1.807) is 0 Å². The molecular formula is C7H15NOS. The highest BCUT2D eigenvalue weighted by Crippen LogP contribution is 2.23. The van der Waals surface area contributed by atoms with Gasteiger partial charge < -0.3 is 0 Å². The normalized spacial score (nSPS) is 33.9. The highest BCUT2D eigenvalue weighted by molar-refractivity contribution is 7.95. The summed E-state index contributed by atoms with van der Waals surface area (Å²) in [5, 5.41) is 0. The van der Waals surface area contributed by atoms with Crippen molar-refractivity contribution < 1.29 is 4.21 Å². The van der Waals surface area contributed by atoms with E-state index in [2.05, 4.69) is 4.36 Å². The summed E-state index contributed by atoms with van der Waals surface area (Å²) in [5.74, 6) is 0.802. The quantitative estimate of drug-likeness (QED) is 0.531. The molecule has 3 heteroatoms. The van der Waals surface area contributed by atoms with Crippen LogP contribution in [-0.4, -0.2) is 21.3 Å². The van der Waals surface area contributed by atoms with Gasteiger partial charge in [-0.1, -0.05) is 0 Å². The second-order valence-corrected chi connectivity index (χ2v) is 6.84. The molecule has 0 aromatic carbocycles. The van der Waals surface area contributed by atoms with Gasteiger partial charge in [0.1, 0.15) is 0 Å². The van der Waals surface area contributed by atoms with Crippen LogP contribution in [-0.2, 0) is 9.73 Å². The van der Waals surface area contributed by atoms with E-state index in [0.717, 1.165) is 18.7 Å². The molecular weight excluding hydrogens is 146 g/mol. The van der Waals surface area contributed by atoms with Gasteiger partial charge >= 0.3 is 0 Å². The predicted octanol–water partition coefficient (Wildman–Crippen LogP) is 1.66. The third-order valence-electron chi connectivity index (χ3n) is 1.84. The number of nitrogens with zero attached hydrogens (tertiary/aromatic N) is 1. The summed E-state index contributed by atoms with van der Waals surface area (Å²) in [5.41, 5.74) is 0. The average molecular weight is 161 g/mol. The Labute approximate surface area is 63.2 Å². The largest absolute Gasteiger partial charge is 0.249 e. The summed E-state index contributed by atoms with van der Waals surface area (Å²) in [4.78, 5) is 0. The molecule has 10 heavy (non-hydrogen) atoms. The minimum absolute atomic E-state index is 0.122. The molecule has 0 radical (unpaired) electrons. The van der Waals surface area contributed by atoms with Gasteiger partial charge in [-0.25, -0.2) is 8.57 Å². The Morgan fingerprint density at radius 3 is 2.20 bits per heavy atom. The fourth-order valence-electron chi connectivity index (χ4n) is 1.04. The number of hydrogen-bond acceptors (Lipinski definition) is 2. The third kappa shape index (κ3) is 1.19. The molecule has 0 aromatic heterocycles. The van der Waals surface area contributed by atoms with Crippen molar-refractivity contribution in [3.05, 3.63) is 0 Å². The van der Waals surface area contributed by atoms with Gasteiger partial charge in [-0.3, -0.25) is 0 Å². The first-order valence-electron chi connectivity index (χ1n) is 3.66. The Hall–Kier alpha value is -0.0500. The van der Waals surface area contributed by atoms with Crippen LogP contribution in [0.3, 0.4) is 0 Å². The van der Waals surface area contributed by atoms with Crippen LogP contribution < -0.4 is 0 Å². The molecule has 1 heterocycles. The minimum atomic E-state index is -1.84. The number of rotatable bonds is 0. The van der Waals surface area contributed by atoms with Gasteiger partial charge in [-0.05, 0) is 27.2 Å². The average Bonchev–Trinajstić information content (AvgIpc) is 2.13. The Morgan fingerprint density at radius 2 is 2.00 bits per heavy atom. The first-order valence-corrected chi connectivity index (χ1v) is 5.34. The van der Waals surface area contributed by atoms with E-state index in [-0.39, 0.29) is 4.75 Å². The second-order valence-electron chi connectivity index (χ2n) is 3.66.